The zero-order valence-corrected chi connectivity index (χ0v) is 14.9. The molecular formula is C20H16N4O4. The van der Waals surface area contributed by atoms with Crippen molar-refractivity contribution in [1.29, 1.82) is 0 Å². The van der Waals surface area contributed by atoms with Crippen molar-refractivity contribution in [2.24, 2.45) is 0 Å². The first-order valence-electron chi connectivity index (χ1n) is 8.55. The molecule has 0 aliphatic heterocycles. The van der Waals surface area contributed by atoms with E-state index in [2.05, 4.69) is 15.2 Å². The zero-order valence-electron chi connectivity index (χ0n) is 14.9. The standard InChI is InChI=1S/C20H16N4O4/c1-11-21-16-17(19(26)23-22-18(16)25)24(11)10-12-6-8-13(9-7-12)14-4-2-3-5-15(14)20(27)28/h2-9H,10H2,1H3,(H,22,25)(H,23,26)(H,27,28). The summed E-state index contributed by atoms with van der Waals surface area (Å²) in [6.07, 6.45) is 0. The largest absolute Gasteiger partial charge is 0.478 e. The maximum absolute atomic E-state index is 12.2. The number of fused-ring (bicyclic) bond motifs is 1. The van der Waals surface area contributed by atoms with Gasteiger partial charge in [0.1, 0.15) is 11.3 Å². The zero-order chi connectivity index (χ0) is 19.8. The van der Waals surface area contributed by atoms with E-state index >= 15 is 0 Å². The number of imidazole rings is 1. The highest BCUT2D eigenvalue weighted by Crippen LogP contribution is 2.24. The van der Waals surface area contributed by atoms with Gasteiger partial charge in [-0.2, -0.15) is 0 Å². The normalized spacial score (nSPS) is 11.0. The van der Waals surface area contributed by atoms with Crippen LogP contribution in [0.1, 0.15) is 21.7 Å². The molecule has 0 bridgehead atoms. The van der Waals surface area contributed by atoms with Gasteiger partial charge in [-0.25, -0.2) is 9.78 Å². The average Bonchev–Trinajstić information content (AvgIpc) is 3.03. The van der Waals surface area contributed by atoms with Crippen molar-refractivity contribution >= 4 is 17.0 Å². The molecule has 140 valence electrons. The van der Waals surface area contributed by atoms with E-state index in [1.54, 1.807) is 35.8 Å². The van der Waals surface area contributed by atoms with Crippen LogP contribution in [0.15, 0.2) is 58.1 Å². The lowest BCUT2D eigenvalue weighted by Crippen LogP contribution is -2.21. The third kappa shape index (κ3) is 2.90. The number of aromatic nitrogens is 4. The predicted molar refractivity (Wildman–Crippen MR) is 104 cm³/mol. The molecule has 0 fully saturated rings. The number of carboxylic acids is 1. The van der Waals surface area contributed by atoms with Crippen molar-refractivity contribution in [3.63, 3.8) is 0 Å². The van der Waals surface area contributed by atoms with Gasteiger partial charge in [0.2, 0.25) is 0 Å². The van der Waals surface area contributed by atoms with Crippen molar-refractivity contribution in [3.8, 4) is 11.1 Å². The van der Waals surface area contributed by atoms with Gasteiger partial charge in [0.25, 0.3) is 11.1 Å². The number of aromatic carboxylic acids is 1. The summed E-state index contributed by atoms with van der Waals surface area (Å²) in [6.45, 7) is 2.09. The van der Waals surface area contributed by atoms with Gasteiger partial charge < -0.3 is 9.67 Å². The lowest BCUT2D eigenvalue weighted by Gasteiger charge is -2.09. The van der Waals surface area contributed by atoms with Crippen molar-refractivity contribution < 1.29 is 9.90 Å². The molecule has 0 saturated heterocycles. The summed E-state index contributed by atoms with van der Waals surface area (Å²) in [5, 5.41) is 14.0. The fraction of sp³-hybridized carbons (Fsp3) is 0.100. The minimum Gasteiger partial charge on any atom is -0.478 e. The summed E-state index contributed by atoms with van der Waals surface area (Å²) >= 11 is 0. The van der Waals surface area contributed by atoms with Crippen molar-refractivity contribution in [2.75, 3.05) is 0 Å². The van der Waals surface area contributed by atoms with E-state index in [4.69, 9.17) is 0 Å². The number of carbonyl (C=O) groups is 1. The third-order valence-electron chi connectivity index (χ3n) is 4.64. The first kappa shape index (κ1) is 17.5. The molecule has 2 aromatic heterocycles. The minimum absolute atomic E-state index is 0.105. The number of carboxylic acid groups (broad SMARTS) is 1. The molecule has 0 spiro atoms. The quantitative estimate of drug-likeness (QED) is 0.504. The lowest BCUT2D eigenvalue weighted by atomic mass is 9.99. The van der Waals surface area contributed by atoms with E-state index < -0.39 is 17.1 Å². The number of H-pyrrole nitrogens is 2. The number of nitrogens with zero attached hydrogens (tertiary/aromatic N) is 2. The Kier molecular flexibility index (Phi) is 4.15. The Bertz CT molecular complexity index is 1310. The number of benzene rings is 2. The number of hydrogen-bond donors (Lipinski definition) is 3. The van der Waals surface area contributed by atoms with Crippen LogP contribution in [0, 0.1) is 6.92 Å². The summed E-state index contributed by atoms with van der Waals surface area (Å²) in [7, 11) is 0. The van der Waals surface area contributed by atoms with Gasteiger partial charge in [0, 0.05) is 6.54 Å². The molecule has 2 heterocycles. The second-order valence-corrected chi connectivity index (χ2v) is 6.40. The summed E-state index contributed by atoms with van der Waals surface area (Å²) in [5.41, 5.74) is 2.00. The molecule has 8 heteroatoms. The Morgan fingerprint density at radius 3 is 2.43 bits per heavy atom. The molecule has 2 aromatic carbocycles. The molecule has 0 saturated carbocycles. The van der Waals surface area contributed by atoms with E-state index in [0.29, 0.717) is 17.9 Å². The molecule has 4 rings (SSSR count). The average molecular weight is 376 g/mol. The molecule has 0 aliphatic rings. The van der Waals surface area contributed by atoms with Gasteiger partial charge in [0.05, 0.1) is 5.56 Å². The van der Waals surface area contributed by atoms with Crippen LogP contribution in [0.5, 0.6) is 0 Å². The number of hydrogen-bond acceptors (Lipinski definition) is 4. The van der Waals surface area contributed by atoms with Gasteiger partial charge in [-0.3, -0.25) is 19.8 Å². The van der Waals surface area contributed by atoms with Gasteiger partial charge in [-0.1, -0.05) is 42.5 Å². The predicted octanol–water partition coefficient (Wildman–Crippen LogP) is 2.13. The van der Waals surface area contributed by atoms with Crippen molar-refractivity contribution in [3.05, 3.63) is 86.2 Å². The molecule has 0 radical (unpaired) electrons. The lowest BCUT2D eigenvalue weighted by molar-refractivity contribution is 0.0697. The molecular weight excluding hydrogens is 360 g/mol. The van der Waals surface area contributed by atoms with Crippen molar-refractivity contribution in [1.82, 2.24) is 19.7 Å². The highest BCUT2D eigenvalue weighted by Gasteiger charge is 2.15. The number of aromatic amines is 2. The second kappa shape index (κ2) is 6.66. The van der Waals surface area contributed by atoms with E-state index in [0.717, 1.165) is 11.1 Å². The number of rotatable bonds is 4. The Morgan fingerprint density at radius 1 is 1.04 bits per heavy atom. The number of nitrogens with one attached hydrogen (secondary N) is 2. The summed E-state index contributed by atoms with van der Waals surface area (Å²) in [4.78, 5) is 39.7. The second-order valence-electron chi connectivity index (χ2n) is 6.40. The highest BCUT2D eigenvalue weighted by molar-refractivity contribution is 5.96. The van der Waals surface area contributed by atoms with Crippen molar-refractivity contribution in [2.45, 2.75) is 13.5 Å². The molecule has 0 atom stereocenters. The van der Waals surface area contributed by atoms with Gasteiger partial charge in [-0.05, 0) is 29.7 Å². The Morgan fingerprint density at radius 2 is 1.71 bits per heavy atom. The fourth-order valence-electron chi connectivity index (χ4n) is 3.27. The van der Waals surface area contributed by atoms with E-state index in [-0.39, 0.29) is 16.6 Å². The first-order valence-corrected chi connectivity index (χ1v) is 8.55. The highest BCUT2D eigenvalue weighted by atomic mass is 16.4. The van der Waals surface area contributed by atoms with Gasteiger partial charge >= 0.3 is 5.97 Å². The maximum atomic E-state index is 12.2. The van der Waals surface area contributed by atoms with Crippen LogP contribution in [0.3, 0.4) is 0 Å². The summed E-state index contributed by atoms with van der Waals surface area (Å²) in [6, 6.07) is 14.2. The van der Waals surface area contributed by atoms with E-state index in [9.17, 15) is 19.5 Å². The molecule has 4 aromatic rings. The molecule has 0 aliphatic carbocycles. The van der Waals surface area contributed by atoms with Crippen LogP contribution < -0.4 is 11.1 Å². The molecule has 28 heavy (non-hydrogen) atoms. The first-order chi connectivity index (χ1) is 13.5. The summed E-state index contributed by atoms with van der Waals surface area (Å²) < 4.78 is 1.68. The summed E-state index contributed by atoms with van der Waals surface area (Å²) in [5.74, 6) is -0.429. The van der Waals surface area contributed by atoms with Gasteiger partial charge in [-0.15, -0.1) is 0 Å². The van der Waals surface area contributed by atoms with Gasteiger partial charge in [0.15, 0.2) is 5.52 Å². The SMILES string of the molecule is Cc1nc2c(=O)[nH][nH]c(=O)c2n1Cc1ccc(-c2ccccc2C(=O)O)cc1. The topological polar surface area (TPSA) is 121 Å². The molecule has 0 amide bonds. The third-order valence-corrected chi connectivity index (χ3v) is 4.64. The molecule has 3 N–H and O–H groups in total. The fourth-order valence-corrected chi connectivity index (χ4v) is 3.27. The Balaban J connectivity index is 1.73. The van der Waals surface area contributed by atoms with Crippen LogP contribution >= 0.6 is 0 Å². The Hall–Kier alpha value is -3.94. The molecule has 8 nitrogen and oxygen atoms in total. The van der Waals surface area contributed by atoms with Crippen LogP contribution in [0.2, 0.25) is 0 Å². The minimum atomic E-state index is -0.982. The molecule has 0 unspecified atom stereocenters. The van der Waals surface area contributed by atoms with Crippen LogP contribution in [0.25, 0.3) is 22.2 Å². The monoisotopic (exact) mass is 376 g/mol. The number of aryl methyl sites for hydroxylation is 1. The van der Waals surface area contributed by atoms with Crippen LogP contribution in [-0.2, 0) is 6.54 Å². The Labute approximate surface area is 158 Å². The van der Waals surface area contributed by atoms with Crippen LogP contribution in [-0.4, -0.2) is 30.8 Å². The van der Waals surface area contributed by atoms with E-state index in [1.807, 2.05) is 24.3 Å². The smallest absolute Gasteiger partial charge is 0.336 e. The maximum Gasteiger partial charge on any atom is 0.336 e. The van der Waals surface area contributed by atoms with Crippen LogP contribution in [0.4, 0.5) is 0 Å². The van der Waals surface area contributed by atoms with E-state index in [1.165, 1.54) is 0 Å².